The molecular weight excluding hydrogens is 692 g/mol. The maximum Gasteiger partial charge on any atom is 0.314 e. The Hall–Kier alpha value is -1.05. The van der Waals surface area contributed by atoms with E-state index in [0.717, 1.165) is 0 Å². The van der Waals surface area contributed by atoms with Gasteiger partial charge in [-0.05, 0) is 87.9 Å². The van der Waals surface area contributed by atoms with E-state index < -0.39 is 103 Å². The lowest BCUT2D eigenvalue weighted by Crippen LogP contribution is -2.61. The third-order valence-electron chi connectivity index (χ3n) is 12.2. The Morgan fingerprint density at radius 1 is 0.962 bits per heavy atom. The smallest absolute Gasteiger partial charge is 0.314 e. The summed E-state index contributed by atoms with van der Waals surface area (Å²) in [5.41, 5.74) is -4.60. The second-order valence-corrected chi connectivity index (χ2v) is 17.2. The predicted octanol–water partition coefficient (Wildman–Crippen LogP) is 0.873. The summed E-state index contributed by atoms with van der Waals surface area (Å²) >= 11 is 0. The molecule has 3 fully saturated rings. The highest BCUT2D eigenvalue weighted by Gasteiger charge is 2.53. The van der Waals surface area contributed by atoms with Crippen LogP contribution in [-0.4, -0.2) is 178 Å². The largest absolute Gasteiger partial charge is 0.459 e. The summed E-state index contributed by atoms with van der Waals surface area (Å²) in [4.78, 5) is 18.1. The molecule has 15 heteroatoms. The van der Waals surface area contributed by atoms with Crippen LogP contribution in [0.15, 0.2) is 0 Å². The fourth-order valence-corrected chi connectivity index (χ4v) is 8.78. The Balaban J connectivity index is 2.21. The quantitative estimate of drug-likeness (QED) is 0.190. The molecule has 0 amide bonds. The van der Waals surface area contributed by atoms with Crippen molar-refractivity contribution in [3.05, 3.63) is 0 Å². The number of aliphatic hydroxyl groups is 6. The van der Waals surface area contributed by atoms with Gasteiger partial charge in [0, 0.05) is 38.1 Å². The lowest BCUT2D eigenvalue weighted by molar-refractivity contribution is -0.319. The second kappa shape index (κ2) is 18.5. The number of ether oxygens (including phenoxy) is 6. The van der Waals surface area contributed by atoms with E-state index in [2.05, 4.69) is 0 Å². The lowest BCUT2D eigenvalue weighted by Gasteiger charge is -2.49. The van der Waals surface area contributed by atoms with Gasteiger partial charge in [-0.15, -0.1) is 0 Å². The van der Waals surface area contributed by atoms with Crippen molar-refractivity contribution in [2.75, 3.05) is 41.4 Å². The molecule has 0 aliphatic carbocycles. The minimum absolute atomic E-state index is 0.0551. The highest BCUT2D eigenvalue weighted by molar-refractivity contribution is 5.73. The molecule has 53 heavy (non-hydrogen) atoms. The number of carbonyl (C=O) groups is 1. The summed E-state index contributed by atoms with van der Waals surface area (Å²) in [5, 5.41) is 69.1. The Morgan fingerprint density at radius 2 is 1.58 bits per heavy atom. The van der Waals surface area contributed by atoms with E-state index in [1.165, 1.54) is 14.0 Å². The zero-order valence-corrected chi connectivity index (χ0v) is 34.3. The molecule has 312 valence electrons. The number of nitrogens with zero attached hydrogens (tertiary/aromatic N) is 2. The van der Waals surface area contributed by atoms with Crippen LogP contribution in [0.5, 0.6) is 0 Å². The van der Waals surface area contributed by atoms with Crippen LogP contribution in [0.3, 0.4) is 0 Å². The Bertz CT molecular complexity index is 1160. The minimum atomic E-state index is -1.88. The SMILES string of the molecule is CCC1OC(=O)C(CO)C(OC2CC(C)(OC)C(O)C(C)O2)C(C)C(OC2OC(C)CC(N(C)C)C2O)C(C)(O)CC(C)CN(C)C(C)C(O)C1(C)O. The number of likely N-dealkylation sites (N-methyl/N-ethyl adjacent to an activating group) is 2. The molecule has 0 saturated carbocycles. The number of hydrogen-bond donors (Lipinski definition) is 6. The first-order valence-corrected chi connectivity index (χ1v) is 19.3. The topological polar surface area (TPSA) is 200 Å². The van der Waals surface area contributed by atoms with E-state index in [1.54, 1.807) is 41.5 Å². The number of esters is 1. The van der Waals surface area contributed by atoms with Crippen molar-refractivity contribution < 1.29 is 63.9 Å². The van der Waals surface area contributed by atoms with Gasteiger partial charge >= 0.3 is 5.97 Å². The molecule has 15 nitrogen and oxygen atoms in total. The van der Waals surface area contributed by atoms with E-state index in [4.69, 9.17) is 28.4 Å². The third-order valence-corrected chi connectivity index (χ3v) is 12.2. The summed E-state index contributed by atoms with van der Waals surface area (Å²) < 4.78 is 37.3. The molecule has 0 radical (unpaired) electrons. The highest BCUT2D eigenvalue weighted by Crippen LogP contribution is 2.40. The van der Waals surface area contributed by atoms with Crippen molar-refractivity contribution in [1.29, 1.82) is 0 Å². The fourth-order valence-electron chi connectivity index (χ4n) is 8.78. The van der Waals surface area contributed by atoms with E-state index in [9.17, 15) is 35.4 Å². The molecule has 6 N–H and O–H groups in total. The first kappa shape index (κ1) is 46.3. The summed E-state index contributed by atoms with van der Waals surface area (Å²) in [6, 6.07) is -0.898. The molecule has 0 bridgehead atoms. The van der Waals surface area contributed by atoms with Crippen LogP contribution in [0, 0.1) is 17.8 Å². The van der Waals surface area contributed by atoms with Crippen molar-refractivity contribution in [3.63, 3.8) is 0 Å². The average Bonchev–Trinajstić information content (AvgIpc) is 3.07. The van der Waals surface area contributed by atoms with E-state index >= 15 is 0 Å². The van der Waals surface area contributed by atoms with Gasteiger partial charge in [0.1, 0.15) is 35.9 Å². The van der Waals surface area contributed by atoms with Crippen LogP contribution in [-0.2, 0) is 33.2 Å². The summed E-state index contributed by atoms with van der Waals surface area (Å²) in [7, 11) is 7.01. The van der Waals surface area contributed by atoms with Crippen molar-refractivity contribution in [2.24, 2.45) is 17.8 Å². The normalized spacial score (nSPS) is 48.9. The van der Waals surface area contributed by atoms with E-state index in [-0.39, 0.29) is 37.3 Å². The number of rotatable bonds is 8. The van der Waals surface area contributed by atoms with Crippen LogP contribution in [0.1, 0.15) is 88.0 Å². The van der Waals surface area contributed by atoms with Crippen LogP contribution in [0.2, 0.25) is 0 Å². The van der Waals surface area contributed by atoms with Gasteiger partial charge in [-0.1, -0.05) is 20.8 Å². The van der Waals surface area contributed by atoms with Gasteiger partial charge in [0.2, 0.25) is 0 Å². The van der Waals surface area contributed by atoms with Gasteiger partial charge < -0.3 is 68.9 Å². The molecule has 0 aromatic carbocycles. The number of cyclic esters (lactones) is 1. The van der Waals surface area contributed by atoms with Crippen LogP contribution < -0.4 is 0 Å². The van der Waals surface area contributed by atoms with Crippen LogP contribution in [0.4, 0.5) is 0 Å². The Labute approximate surface area is 316 Å². The molecule has 0 spiro atoms. The average molecular weight is 765 g/mol. The molecule has 3 rings (SSSR count). The van der Waals surface area contributed by atoms with E-state index in [1.807, 2.05) is 44.8 Å². The molecule has 18 atom stereocenters. The minimum Gasteiger partial charge on any atom is -0.459 e. The fraction of sp³-hybridized carbons (Fsp3) is 0.974. The molecule has 3 aliphatic rings. The monoisotopic (exact) mass is 765 g/mol. The van der Waals surface area contributed by atoms with Crippen molar-refractivity contribution in [1.82, 2.24) is 9.80 Å². The van der Waals surface area contributed by atoms with Gasteiger partial charge in [-0.2, -0.15) is 0 Å². The van der Waals surface area contributed by atoms with Gasteiger partial charge in [-0.25, -0.2) is 0 Å². The molecule has 3 saturated heterocycles. The number of methoxy groups -OCH3 is 1. The maximum absolute atomic E-state index is 14.3. The number of aliphatic hydroxyl groups excluding tert-OH is 4. The maximum atomic E-state index is 14.3. The summed E-state index contributed by atoms with van der Waals surface area (Å²) in [6.07, 6.45) is -9.33. The number of carbonyl (C=O) groups excluding carboxylic acids is 1. The van der Waals surface area contributed by atoms with Gasteiger partial charge in [0.15, 0.2) is 12.6 Å². The molecule has 3 heterocycles. The Morgan fingerprint density at radius 3 is 2.13 bits per heavy atom. The summed E-state index contributed by atoms with van der Waals surface area (Å²) in [5.74, 6) is -3.40. The molecule has 18 unspecified atom stereocenters. The Kier molecular flexibility index (Phi) is 16.2. The standard InChI is InChI=1S/C38H72N2O13/c1-14-27-38(9,47)31(43)23(5)40(12)18-20(2)16-36(7,46)33(53-35-29(42)26(39(10)11)15-21(3)49-35)22(4)30(25(19-41)34(45)51-27)52-28-17-37(8,48-13)32(44)24(6)50-28/h20-33,35,41-44,46-47H,14-19H2,1-13H3. The number of hydrogen-bond acceptors (Lipinski definition) is 15. The van der Waals surface area contributed by atoms with Crippen LogP contribution >= 0.6 is 0 Å². The van der Waals surface area contributed by atoms with Gasteiger partial charge in [-0.3, -0.25) is 4.79 Å². The highest BCUT2D eigenvalue weighted by atomic mass is 16.7. The predicted molar refractivity (Wildman–Crippen MR) is 196 cm³/mol. The van der Waals surface area contributed by atoms with Gasteiger partial charge in [0.05, 0.1) is 42.2 Å². The lowest BCUT2D eigenvalue weighted by atomic mass is 9.77. The zero-order chi connectivity index (χ0) is 40.4. The molecule has 3 aliphatic heterocycles. The molecule has 0 aromatic heterocycles. The van der Waals surface area contributed by atoms with E-state index in [0.29, 0.717) is 13.0 Å². The van der Waals surface area contributed by atoms with Crippen molar-refractivity contribution in [2.45, 2.75) is 178 Å². The molecule has 0 aromatic rings. The summed E-state index contributed by atoms with van der Waals surface area (Å²) in [6.45, 7) is 15.2. The zero-order valence-electron chi connectivity index (χ0n) is 34.3. The van der Waals surface area contributed by atoms with Gasteiger partial charge in [0.25, 0.3) is 0 Å². The van der Waals surface area contributed by atoms with Crippen molar-refractivity contribution >= 4 is 5.97 Å². The first-order valence-electron chi connectivity index (χ1n) is 19.3. The molecular formula is C38H72N2O13. The second-order valence-electron chi connectivity index (χ2n) is 17.2. The first-order chi connectivity index (χ1) is 24.4. The van der Waals surface area contributed by atoms with Crippen LogP contribution in [0.25, 0.3) is 0 Å². The van der Waals surface area contributed by atoms with Crippen molar-refractivity contribution in [3.8, 4) is 0 Å². The third kappa shape index (κ3) is 10.5.